The molecule has 0 bridgehead atoms. The van der Waals surface area contributed by atoms with E-state index in [1.165, 1.54) is 0 Å². The van der Waals surface area contributed by atoms with Crippen LogP contribution in [-0.4, -0.2) is 23.5 Å². The van der Waals surface area contributed by atoms with Gasteiger partial charge in [0, 0.05) is 24.3 Å². The van der Waals surface area contributed by atoms with Gasteiger partial charge in [0.1, 0.15) is 5.82 Å². The predicted octanol–water partition coefficient (Wildman–Crippen LogP) is 5.27. The van der Waals surface area contributed by atoms with Gasteiger partial charge in [-0.15, -0.1) is 0 Å². The molecule has 0 radical (unpaired) electrons. The second-order valence-electron chi connectivity index (χ2n) is 6.89. The average Bonchev–Trinajstić information content (AvgIpc) is 2.73. The summed E-state index contributed by atoms with van der Waals surface area (Å²) in [5.41, 5.74) is 2.65. The quantitative estimate of drug-likeness (QED) is 0.575. The van der Waals surface area contributed by atoms with E-state index in [-0.39, 0.29) is 17.9 Å². The zero-order valence-electron chi connectivity index (χ0n) is 16.0. The smallest absolute Gasteiger partial charge is 0.252 e. The summed E-state index contributed by atoms with van der Waals surface area (Å²) >= 11 is 5.86. The molecule has 0 spiro atoms. The number of carbonyl (C=O) groups is 1. The fourth-order valence-corrected chi connectivity index (χ4v) is 3.01. The lowest BCUT2D eigenvalue weighted by molar-refractivity contribution is 0.0930. The van der Waals surface area contributed by atoms with Crippen LogP contribution in [0.4, 0.5) is 5.82 Å². The first-order chi connectivity index (χ1) is 13.5. The van der Waals surface area contributed by atoms with E-state index in [0.29, 0.717) is 17.1 Å². The first-order valence-electron chi connectivity index (χ1n) is 9.35. The summed E-state index contributed by atoms with van der Waals surface area (Å²) < 4.78 is 0. The number of nitrogens with one attached hydrogen (secondary N) is 2. The average molecular weight is 394 g/mol. The monoisotopic (exact) mass is 393 g/mol. The van der Waals surface area contributed by atoms with Crippen molar-refractivity contribution in [3.05, 3.63) is 83.5 Å². The Morgan fingerprint density at radius 3 is 2.43 bits per heavy atom. The Labute approximate surface area is 171 Å². The van der Waals surface area contributed by atoms with E-state index in [1.54, 1.807) is 12.3 Å². The van der Waals surface area contributed by atoms with E-state index in [2.05, 4.69) is 22.5 Å². The van der Waals surface area contributed by atoms with Crippen LogP contribution >= 0.6 is 11.6 Å². The number of carbonyl (C=O) groups excluding carboxylic acids is 1. The van der Waals surface area contributed by atoms with Gasteiger partial charge in [0.15, 0.2) is 0 Å². The van der Waals surface area contributed by atoms with Crippen molar-refractivity contribution in [1.29, 1.82) is 0 Å². The van der Waals surface area contributed by atoms with E-state index < -0.39 is 0 Å². The van der Waals surface area contributed by atoms with Crippen molar-refractivity contribution in [3.8, 4) is 11.1 Å². The molecule has 144 valence electrons. The summed E-state index contributed by atoms with van der Waals surface area (Å²) in [6, 6.07) is 21.3. The number of anilines is 1. The van der Waals surface area contributed by atoms with E-state index in [9.17, 15) is 4.79 Å². The second kappa shape index (κ2) is 9.38. The summed E-state index contributed by atoms with van der Waals surface area (Å²) in [6.45, 7) is 4.80. The van der Waals surface area contributed by atoms with Crippen molar-refractivity contribution in [2.75, 3.05) is 11.9 Å². The highest BCUT2D eigenvalue weighted by atomic mass is 35.5. The third kappa shape index (κ3) is 5.11. The van der Waals surface area contributed by atoms with Crippen molar-refractivity contribution >= 4 is 23.3 Å². The molecule has 0 fully saturated rings. The largest absolute Gasteiger partial charge is 0.370 e. The van der Waals surface area contributed by atoms with Gasteiger partial charge in [-0.05, 0) is 42.2 Å². The summed E-state index contributed by atoms with van der Waals surface area (Å²) in [5.74, 6) is 0.915. The minimum absolute atomic E-state index is 0.00358. The first kappa shape index (κ1) is 19.9. The van der Waals surface area contributed by atoms with Crippen LogP contribution in [0.25, 0.3) is 11.1 Å². The van der Waals surface area contributed by atoms with E-state index >= 15 is 0 Å². The molecule has 4 nitrogen and oxygen atoms in total. The standard InChI is InChI=1S/C23H24ClN3O/c1-16(14-25-22-13-12-19(24)15-26-22)17(2)27-23(28)21-11-7-6-10-20(21)18-8-4-3-5-9-18/h3-13,15-17H,14H2,1-2H3,(H,25,26)(H,27,28). The Bertz CT molecular complexity index is 913. The van der Waals surface area contributed by atoms with Crippen molar-refractivity contribution in [2.24, 2.45) is 5.92 Å². The Morgan fingerprint density at radius 1 is 1.00 bits per heavy atom. The van der Waals surface area contributed by atoms with Crippen LogP contribution < -0.4 is 10.6 Å². The molecule has 28 heavy (non-hydrogen) atoms. The van der Waals surface area contributed by atoms with Gasteiger partial charge in [-0.2, -0.15) is 0 Å². The number of benzene rings is 2. The highest BCUT2D eigenvalue weighted by molar-refractivity contribution is 6.30. The topological polar surface area (TPSA) is 54.0 Å². The van der Waals surface area contributed by atoms with Crippen LogP contribution in [0.15, 0.2) is 72.9 Å². The Hall–Kier alpha value is -2.85. The number of rotatable bonds is 7. The Balaban J connectivity index is 1.63. The number of nitrogens with zero attached hydrogens (tertiary/aromatic N) is 1. The van der Waals surface area contributed by atoms with Crippen LogP contribution in [0.2, 0.25) is 5.02 Å². The number of amides is 1. The van der Waals surface area contributed by atoms with E-state index in [4.69, 9.17) is 11.6 Å². The van der Waals surface area contributed by atoms with Gasteiger partial charge in [0.2, 0.25) is 0 Å². The molecule has 0 aliphatic rings. The summed E-state index contributed by atoms with van der Waals surface area (Å²) in [4.78, 5) is 17.1. The summed E-state index contributed by atoms with van der Waals surface area (Å²) in [6.07, 6.45) is 1.61. The number of hydrogen-bond donors (Lipinski definition) is 2. The maximum Gasteiger partial charge on any atom is 0.252 e. The third-order valence-electron chi connectivity index (χ3n) is 4.80. The summed E-state index contributed by atoms with van der Waals surface area (Å²) in [7, 11) is 0. The third-order valence-corrected chi connectivity index (χ3v) is 5.02. The molecular formula is C23H24ClN3O. The van der Waals surface area contributed by atoms with Crippen molar-refractivity contribution in [1.82, 2.24) is 10.3 Å². The van der Waals surface area contributed by atoms with Gasteiger partial charge in [0.25, 0.3) is 5.91 Å². The number of pyridine rings is 1. The van der Waals surface area contributed by atoms with Gasteiger partial charge in [-0.3, -0.25) is 4.79 Å². The van der Waals surface area contributed by atoms with Gasteiger partial charge >= 0.3 is 0 Å². The van der Waals surface area contributed by atoms with E-state index in [1.807, 2.05) is 67.6 Å². The molecule has 2 atom stereocenters. The van der Waals surface area contributed by atoms with Crippen molar-refractivity contribution in [3.63, 3.8) is 0 Å². The normalized spacial score (nSPS) is 12.8. The molecule has 0 saturated carbocycles. The zero-order valence-corrected chi connectivity index (χ0v) is 16.8. The number of hydrogen-bond acceptors (Lipinski definition) is 3. The van der Waals surface area contributed by atoms with Crippen LogP contribution in [0.1, 0.15) is 24.2 Å². The first-order valence-corrected chi connectivity index (χ1v) is 9.73. The molecule has 1 amide bonds. The SMILES string of the molecule is CC(CNc1ccc(Cl)cn1)C(C)NC(=O)c1ccccc1-c1ccccc1. The molecule has 2 N–H and O–H groups in total. The molecule has 3 aromatic rings. The lowest BCUT2D eigenvalue weighted by Gasteiger charge is -2.22. The van der Waals surface area contributed by atoms with Crippen LogP contribution in [-0.2, 0) is 0 Å². The fourth-order valence-electron chi connectivity index (χ4n) is 2.90. The lowest BCUT2D eigenvalue weighted by Crippen LogP contribution is -2.39. The number of halogens is 1. The maximum atomic E-state index is 12.9. The molecule has 5 heteroatoms. The van der Waals surface area contributed by atoms with Gasteiger partial charge in [0.05, 0.1) is 5.02 Å². The Kier molecular flexibility index (Phi) is 6.66. The molecule has 2 aromatic carbocycles. The van der Waals surface area contributed by atoms with Crippen molar-refractivity contribution in [2.45, 2.75) is 19.9 Å². The van der Waals surface area contributed by atoms with Gasteiger partial charge < -0.3 is 10.6 Å². The summed E-state index contributed by atoms with van der Waals surface area (Å²) in [5, 5.41) is 7.02. The predicted molar refractivity (Wildman–Crippen MR) is 116 cm³/mol. The molecule has 0 aliphatic carbocycles. The minimum Gasteiger partial charge on any atom is -0.370 e. The molecule has 1 aromatic heterocycles. The molecule has 3 rings (SSSR count). The maximum absolute atomic E-state index is 12.9. The lowest BCUT2D eigenvalue weighted by atomic mass is 9.98. The zero-order chi connectivity index (χ0) is 19.9. The second-order valence-corrected chi connectivity index (χ2v) is 7.33. The number of aromatic nitrogens is 1. The molecule has 0 saturated heterocycles. The molecule has 0 aliphatic heterocycles. The fraction of sp³-hybridized carbons (Fsp3) is 0.217. The van der Waals surface area contributed by atoms with Crippen LogP contribution in [0.3, 0.4) is 0 Å². The van der Waals surface area contributed by atoms with Gasteiger partial charge in [-0.1, -0.05) is 67.1 Å². The molecule has 1 heterocycles. The highest BCUT2D eigenvalue weighted by Crippen LogP contribution is 2.23. The Morgan fingerprint density at radius 2 is 1.71 bits per heavy atom. The van der Waals surface area contributed by atoms with Crippen LogP contribution in [0.5, 0.6) is 0 Å². The minimum atomic E-state index is -0.0663. The van der Waals surface area contributed by atoms with Gasteiger partial charge in [-0.25, -0.2) is 4.98 Å². The van der Waals surface area contributed by atoms with Crippen LogP contribution in [0, 0.1) is 5.92 Å². The molecular weight excluding hydrogens is 370 g/mol. The highest BCUT2D eigenvalue weighted by Gasteiger charge is 2.18. The van der Waals surface area contributed by atoms with E-state index in [0.717, 1.165) is 16.9 Å². The molecule has 2 unspecified atom stereocenters. The van der Waals surface area contributed by atoms with Crippen molar-refractivity contribution < 1.29 is 4.79 Å².